The van der Waals surface area contributed by atoms with Gasteiger partial charge in [0.05, 0.1) is 34.1 Å². The Labute approximate surface area is 177 Å². The van der Waals surface area contributed by atoms with Gasteiger partial charge >= 0.3 is 0 Å². The van der Waals surface area contributed by atoms with Crippen molar-refractivity contribution in [2.24, 2.45) is 0 Å². The molecule has 5 rings (SSSR count). The Hall–Kier alpha value is -3.08. The van der Waals surface area contributed by atoms with Crippen molar-refractivity contribution in [3.05, 3.63) is 41.5 Å². The van der Waals surface area contributed by atoms with Crippen LogP contribution in [0.1, 0.15) is 29.9 Å². The summed E-state index contributed by atoms with van der Waals surface area (Å²) in [6.45, 7) is 0.745. The lowest BCUT2D eigenvalue weighted by molar-refractivity contribution is 0.351. The van der Waals surface area contributed by atoms with Crippen molar-refractivity contribution in [2.45, 2.75) is 25.3 Å². The zero-order valence-electron chi connectivity index (χ0n) is 18.2. The molecule has 156 valence electrons. The number of anilines is 1. The maximum absolute atomic E-state index is 5.79. The van der Waals surface area contributed by atoms with Gasteiger partial charge in [-0.15, -0.1) is 0 Å². The van der Waals surface area contributed by atoms with Crippen molar-refractivity contribution in [1.29, 1.82) is 0 Å². The molecule has 3 aromatic rings. The van der Waals surface area contributed by atoms with E-state index in [1.54, 1.807) is 28.4 Å². The molecule has 1 aliphatic carbocycles. The minimum atomic E-state index is 0.543. The maximum atomic E-state index is 5.79. The standard InChI is InChI=1S/C25H27NO4/c1-26-13-19-15(10-11-20(27-2)24(19)29-4)17-9-8-16-18(23(17)26)12-21(28-3)25(30-5)22(16)14-6-7-14/h8-12,14H,6-7,13H2,1-5H3. The molecular formula is C25H27NO4. The third-order valence-corrected chi connectivity index (χ3v) is 6.38. The van der Waals surface area contributed by atoms with E-state index in [9.17, 15) is 0 Å². The normalized spacial score (nSPS) is 14.9. The first kappa shape index (κ1) is 18.9. The molecule has 1 heterocycles. The van der Waals surface area contributed by atoms with E-state index < -0.39 is 0 Å². The summed E-state index contributed by atoms with van der Waals surface area (Å²) in [6, 6.07) is 10.7. The number of hydrogen-bond acceptors (Lipinski definition) is 5. The Morgan fingerprint density at radius 3 is 2.10 bits per heavy atom. The molecular weight excluding hydrogens is 378 g/mol. The van der Waals surface area contributed by atoms with Gasteiger partial charge in [0.25, 0.3) is 0 Å². The molecule has 3 aromatic carbocycles. The summed E-state index contributed by atoms with van der Waals surface area (Å²) in [5.41, 5.74) is 6.02. The topological polar surface area (TPSA) is 40.2 Å². The van der Waals surface area contributed by atoms with E-state index >= 15 is 0 Å². The predicted octanol–water partition coefficient (Wildman–Crippen LogP) is 5.37. The van der Waals surface area contributed by atoms with E-state index in [0.717, 1.165) is 35.1 Å². The van der Waals surface area contributed by atoms with Crippen molar-refractivity contribution in [2.75, 3.05) is 40.4 Å². The van der Waals surface area contributed by atoms with Crippen LogP contribution in [0.4, 0.5) is 5.69 Å². The molecule has 0 saturated heterocycles. The third kappa shape index (κ3) is 2.61. The Morgan fingerprint density at radius 2 is 1.47 bits per heavy atom. The van der Waals surface area contributed by atoms with Gasteiger partial charge < -0.3 is 23.8 Å². The van der Waals surface area contributed by atoms with E-state index in [1.165, 1.54) is 46.0 Å². The van der Waals surface area contributed by atoms with Crippen LogP contribution in [0.2, 0.25) is 0 Å². The molecule has 0 amide bonds. The second-order valence-corrected chi connectivity index (χ2v) is 8.04. The van der Waals surface area contributed by atoms with Gasteiger partial charge in [-0.1, -0.05) is 12.1 Å². The number of benzene rings is 3. The van der Waals surface area contributed by atoms with Crippen molar-refractivity contribution in [3.63, 3.8) is 0 Å². The Bertz CT molecular complexity index is 1150. The molecule has 1 aliphatic heterocycles. The SMILES string of the molecule is COc1ccc2c(c1OC)CN(C)c1c-2ccc2c(C3CC3)c(OC)c(OC)cc12. The third-order valence-electron chi connectivity index (χ3n) is 6.38. The number of nitrogens with zero attached hydrogens (tertiary/aromatic N) is 1. The fraction of sp³-hybridized carbons (Fsp3) is 0.360. The van der Waals surface area contributed by atoms with Gasteiger partial charge in [-0.05, 0) is 47.9 Å². The Kier molecular flexibility index (Phi) is 4.42. The van der Waals surface area contributed by atoms with E-state index in [4.69, 9.17) is 18.9 Å². The molecule has 1 fully saturated rings. The molecule has 0 bridgehead atoms. The summed E-state index contributed by atoms with van der Waals surface area (Å²) >= 11 is 0. The lowest BCUT2D eigenvalue weighted by Crippen LogP contribution is -2.22. The Balaban J connectivity index is 1.83. The van der Waals surface area contributed by atoms with E-state index in [-0.39, 0.29) is 0 Å². The molecule has 0 unspecified atom stereocenters. The lowest BCUT2D eigenvalue weighted by atomic mass is 9.88. The second kappa shape index (κ2) is 7.01. The summed E-state index contributed by atoms with van der Waals surface area (Å²) in [6.07, 6.45) is 2.40. The number of hydrogen-bond donors (Lipinski definition) is 0. The highest BCUT2D eigenvalue weighted by Gasteiger charge is 2.33. The zero-order valence-corrected chi connectivity index (χ0v) is 18.2. The highest BCUT2D eigenvalue weighted by atomic mass is 16.5. The largest absolute Gasteiger partial charge is 0.493 e. The van der Waals surface area contributed by atoms with E-state index in [2.05, 4.69) is 36.2 Å². The maximum Gasteiger partial charge on any atom is 0.166 e. The van der Waals surface area contributed by atoms with E-state index in [0.29, 0.717) is 5.92 Å². The monoisotopic (exact) mass is 405 g/mol. The van der Waals surface area contributed by atoms with Crippen LogP contribution in [0.5, 0.6) is 23.0 Å². The summed E-state index contributed by atoms with van der Waals surface area (Å²) in [7, 11) is 8.96. The second-order valence-electron chi connectivity index (χ2n) is 8.04. The first-order valence-electron chi connectivity index (χ1n) is 10.3. The Morgan fingerprint density at radius 1 is 0.767 bits per heavy atom. The smallest absolute Gasteiger partial charge is 0.166 e. The molecule has 5 nitrogen and oxygen atoms in total. The average Bonchev–Trinajstić information content (AvgIpc) is 3.61. The number of rotatable bonds is 5. The van der Waals surface area contributed by atoms with Crippen LogP contribution in [0.15, 0.2) is 30.3 Å². The minimum absolute atomic E-state index is 0.543. The quantitative estimate of drug-likeness (QED) is 0.571. The van der Waals surface area contributed by atoms with Gasteiger partial charge in [0.2, 0.25) is 0 Å². The molecule has 30 heavy (non-hydrogen) atoms. The molecule has 0 atom stereocenters. The van der Waals surface area contributed by atoms with Crippen LogP contribution in [-0.4, -0.2) is 35.5 Å². The van der Waals surface area contributed by atoms with Gasteiger partial charge in [0.15, 0.2) is 23.0 Å². The van der Waals surface area contributed by atoms with Crippen LogP contribution < -0.4 is 23.8 Å². The number of fused-ring (bicyclic) bond motifs is 5. The van der Waals surface area contributed by atoms with Gasteiger partial charge in [-0.3, -0.25) is 0 Å². The van der Waals surface area contributed by atoms with Crippen LogP contribution in [-0.2, 0) is 6.54 Å². The van der Waals surface area contributed by atoms with Crippen molar-refractivity contribution >= 4 is 16.5 Å². The highest BCUT2D eigenvalue weighted by Crippen LogP contribution is 2.54. The molecule has 5 heteroatoms. The predicted molar refractivity (Wildman–Crippen MR) is 120 cm³/mol. The van der Waals surface area contributed by atoms with Crippen LogP contribution in [0.25, 0.3) is 21.9 Å². The lowest BCUT2D eigenvalue weighted by Gasteiger charge is -2.33. The van der Waals surface area contributed by atoms with Gasteiger partial charge in [0, 0.05) is 35.7 Å². The van der Waals surface area contributed by atoms with Crippen molar-refractivity contribution < 1.29 is 18.9 Å². The van der Waals surface area contributed by atoms with Crippen LogP contribution >= 0.6 is 0 Å². The first-order valence-corrected chi connectivity index (χ1v) is 10.3. The molecule has 0 aromatic heterocycles. The van der Waals surface area contributed by atoms with Crippen LogP contribution in [0.3, 0.4) is 0 Å². The van der Waals surface area contributed by atoms with Crippen LogP contribution in [0, 0.1) is 0 Å². The average molecular weight is 405 g/mol. The number of ether oxygens (including phenoxy) is 4. The van der Waals surface area contributed by atoms with Crippen molar-refractivity contribution in [3.8, 4) is 34.1 Å². The summed E-state index contributed by atoms with van der Waals surface area (Å²) in [5.74, 6) is 3.78. The van der Waals surface area contributed by atoms with Crippen molar-refractivity contribution in [1.82, 2.24) is 0 Å². The molecule has 1 saturated carbocycles. The fourth-order valence-corrected chi connectivity index (χ4v) is 4.93. The van der Waals surface area contributed by atoms with Gasteiger partial charge in [-0.2, -0.15) is 0 Å². The fourth-order valence-electron chi connectivity index (χ4n) is 4.93. The summed E-state index contributed by atoms with van der Waals surface area (Å²) in [4.78, 5) is 2.30. The summed E-state index contributed by atoms with van der Waals surface area (Å²) in [5, 5.41) is 2.46. The minimum Gasteiger partial charge on any atom is -0.493 e. The van der Waals surface area contributed by atoms with Gasteiger partial charge in [0.1, 0.15) is 0 Å². The van der Waals surface area contributed by atoms with Gasteiger partial charge in [-0.25, -0.2) is 0 Å². The summed E-state index contributed by atoms with van der Waals surface area (Å²) < 4.78 is 22.8. The van der Waals surface area contributed by atoms with E-state index in [1.807, 2.05) is 6.07 Å². The molecule has 2 aliphatic rings. The molecule has 0 spiro atoms. The highest BCUT2D eigenvalue weighted by molar-refractivity contribution is 6.07. The zero-order chi connectivity index (χ0) is 21.0. The molecule has 0 radical (unpaired) electrons. The first-order chi connectivity index (χ1) is 14.6. The molecule has 0 N–H and O–H groups in total. The number of methoxy groups -OCH3 is 4.